The Morgan fingerprint density at radius 3 is 0.778 bits per heavy atom. The molecule has 0 aliphatic carbocycles. The molecular weight excluding hydrogens is 781 g/mol. The summed E-state index contributed by atoms with van der Waals surface area (Å²) in [5.74, 6) is 0.770. The van der Waals surface area contributed by atoms with E-state index in [1.54, 1.807) is 0 Å². The van der Waals surface area contributed by atoms with E-state index in [0.717, 1.165) is 69.6 Å². The van der Waals surface area contributed by atoms with Crippen molar-refractivity contribution in [2.45, 2.75) is 323 Å². The Bertz CT molecular complexity index is 962. The fourth-order valence-electron chi connectivity index (χ4n) is 8.70. The fraction of sp³-hybridized carbons (Fsp3) is 0.947. The van der Waals surface area contributed by atoms with Crippen LogP contribution in [-0.4, -0.2) is 37.2 Å². The zero-order valence-electron chi connectivity index (χ0n) is 43.2. The van der Waals surface area contributed by atoms with Crippen LogP contribution in [0.2, 0.25) is 0 Å². The van der Waals surface area contributed by atoms with Crippen LogP contribution >= 0.6 is 0 Å². The number of carbonyl (C=O) groups excluding carboxylic acids is 3. The minimum absolute atomic E-state index is 0.0641. The molecule has 0 rings (SSSR count). The van der Waals surface area contributed by atoms with Crippen LogP contribution in [0.5, 0.6) is 0 Å². The maximum absolute atomic E-state index is 12.8. The average molecular weight is 892 g/mol. The standard InChI is InChI=1S/C57H110O6/c1-6-7-8-9-10-11-12-13-18-22-25-28-31-37-42-47-55(58)61-50-54(63-57(60)49-44-39-34-33-36-41-46-53(4)5)51-62-56(59)48-43-38-32-29-26-23-20-17-15-14-16-19-21-24-27-30-35-40-45-52(2)3/h52-54H,6-51H2,1-5H3/t54-/m0/s1. The molecule has 6 heteroatoms. The minimum Gasteiger partial charge on any atom is -0.462 e. The van der Waals surface area contributed by atoms with Crippen molar-refractivity contribution in [2.75, 3.05) is 13.2 Å². The summed E-state index contributed by atoms with van der Waals surface area (Å²) in [4.78, 5) is 38.0. The smallest absolute Gasteiger partial charge is 0.306 e. The van der Waals surface area contributed by atoms with Gasteiger partial charge in [0, 0.05) is 19.3 Å². The molecule has 0 radical (unpaired) electrons. The van der Waals surface area contributed by atoms with Crippen LogP contribution in [-0.2, 0) is 28.6 Å². The molecule has 0 saturated carbocycles. The molecule has 374 valence electrons. The van der Waals surface area contributed by atoms with Gasteiger partial charge in [-0.05, 0) is 31.1 Å². The number of unbranched alkanes of at least 4 members (excludes halogenated alkanes) is 36. The summed E-state index contributed by atoms with van der Waals surface area (Å²) in [5.41, 5.74) is 0. The van der Waals surface area contributed by atoms with Gasteiger partial charge in [0.2, 0.25) is 0 Å². The van der Waals surface area contributed by atoms with Crippen molar-refractivity contribution in [3.8, 4) is 0 Å². The van der Waals surface area contributed by atoms with E-state index in [0.29, 0.717) is 19.3 Å². The lowest BCUT2D eigenvalue weighted by atomic mass is 10.0. The number of hydrogen-bond acceptors (Lipinski definition) is 6. The molecule has 0 heterocycles. The first kappa shape index (κ1) is 61.4. The molecule has 0 aliphatic heterocycles. The van der Waals surface area contributed by atoms with Gasteiger partial charge < -0.3 is 14.2 Å². The second-order valence-electron chi connectivity index (χ2n) is 20.5. The van der Waals surface area contributed by atoms with Gasteiger partial charge in [-0.1, -0.05) is 279 Å². The van der Waals surface area contributed by atoms with Crippen LogP contribution in [0, 0.1) is 11.8 Å². The Labute approximate surface area is 393 Å². The number of rotatable bonds is 51. The van der Waals surface area contributed by atoms with Crippen molar-refractivity contribution in [2.24, 2.45) is 11.8 Å². The third kappa shape index (κ3) is 51.3. The summed E-state index contributed by atoms with van der Waals surface area (Å²) in [5, 5.41) is 0. The quantitative estimate of drug-likeness (QED) is 0.0344. The molecule has 0 bridgehead atoms. The second-order valence-corrected chi connectivity index (χ2v) is 20.5. The number of ether oxygens (including phenoxy) is 3. The van der Waals surface area contributed by atoms with Gasteiger partial charge in [-0.3, -0.25) is 14.4 Å². The first-order valence-electron chi connectivity index (χ1n) is 28.2. The molecule has 0 N–H and O–H groups in total. The van der Waals surface area contributed by atoms with E-state index >= 15 is 0 Å². The van der Waals surface area contributed by atoms with Gasteiger partial charge in [-0.2, -0.15) is 0 Å². The van der Waals surface area contributed by atoms with Crippen LogP contribution in [0.4, 0.5) is 0 Å². The van der Waals surface area contributed by atoms with E-state index in [9.17, 15) is 14.4 Å². The number of carbonyl (C=O) groups is 3. The van der Waals surface area contributed by atoms with Crippen LogP contribution in [0.3, 0.4) is 0 Å². The number of hydrogen-bond donors (Lipinski definition) is 0. The SMILES string of the molecule is CCCCCCCCCCCCCCCCCC(=O)OC[C@@H](COC(=O)CCCCCCCCCCCCCCCCCCCCC(C)C)OC(=O)CCCCCCCCC(C)C. The molecular formula is C57H110O6. The Kier molecular flexibility index (Phi) is 48.6. The van der Waals surface area contributed by atoms with Gasteiger partial charge in [0.05, 0.1) is 0 Å². The predicted molar refractivity (Wildman–Crippen MR) is 270 cm³/mol. The monoisotopic (exact) mass is 891 g/mol. The van der Waals surface area contributed by atoms with Gasteiger partial charge in [-0.25, -0.2) is 0 Å². The summed E-state index contributed by atoms with van der Waals surface area (Å²) in [7, 11) is 0. The normalized spacial score (nSPS) is 12.0. The Morgan fingerprint density at radius 2 is 0.524 bits per heavy atom. The molecule has 0 aromatic heterocycles. The summed E-state index contributed by atoms with van der Waals surface area (Å²) >= 11 is 0. The zero-order valence-corrected chi connectivity index (χ0v) is 43.2. The Balaban J connectivity index is 4.16. The van der Waals surface area contributed by atoms with E-state index in [4.69, 9.17) is 14.2 Å². The minimum atomic E-state index is -0.762. The van der Waals surface area contributed by atoms with Crippen molar-refractivity contribution in [3.63, 3.8) is 0 Å². The molecule has 0 fully saturated rings. The highest BCUT2D eigenvalue weighted by molar-refractivity contribution is 5.71. The highest BCUT2D eigenvalue weighted by Crippen LogP contribution is 2.18. The van der Waals surface area contributed by atoms with E-state index < -0.39 is 6.10 Å². The Hall–Kier alpha value is -1.59. The lowest BCUT2D eigenvalue weighted by molar-refractivity contribution is -0.167. The van der Waals surface area contributed by atoms with Crippen molar-refractivity contribution in [3.05, 3.63) is 0 Å². The second kappa shape index (κ2) is 49.8. The fourth-order valence-corrected chi connectivity index (χ4v) is 8.70. The highest BCUT2D eigenvalue weighted by atomic mass is 16.6. The molecule has 0 unspecified atom stereocenters. The first-order valence-corrected chi connectivity index (χ1v) is 28.2. The average Bonchev–Trinajstić information content (AvgIpc) is 3.25. The van der Waals surface area contributed by atoms with Crippen LogP contribution < -0.4 is 0 Å². The Morgan fingerprint density at radius 1 is 0.302 bits per heavy atom. The lowest BCUT2D eigenvalue weighted by Gasteiger charge is -2.18. The van der Waals surface area contributed by atoms with E-state index in [1.807, 2.05) is 0 Å². The van der Waals surface area contributed by atoms with Gasteiger partial charge in [0.1, 0.15) is 13.2 Å². The van der Waals surface area contributed by atoms with Crippen LogP contribution in [0.15, 0.2) is 0 Å². The zero-order chi connectivity index (χ0) is 46.1. The molecule has 0 aromatic rings. The topological polar surface area (TPSA) is 78.9 Å². The maximum atomic E-state index is 12.8. The highest BCUT2D eigenvalue weighted by Gasteiger charge is 2.19. The summed E-state index contributed by atoms with van der Waals surface area (Å²) < 4.78 is 16.8. The molecule has 0 spiro atoms. The molecule has 6 nitrogen and oxygen atoms in total. The molecule has 0 aromatic carbocycles. The molecule has 1 atom stereocenters. The number of esters is 3. The van der Waals surface area contributed by atoms with Crippen molar-refractivity contribution in [1.82, 2.24) is 0 Å². The van der Waals surface area contributed by atoms with E-state index in [-0.39, 0.29) is 31.1 Å². The molecule has 63 heavy (non-hydrogen) atoms. The van der Waals surface area contributed by atoms with Crippen molar-refractivity contribution >= 4 is 17.9 Å². The lowest BCUT2D eigenvalue weighted by Crippen LogP contribution is -2.30. The molecule has 0 aliphatic rings. The third-order valence-corrected chi connectivity index (χ3v) is 13.0. The molecule has 0 saturated heterocycles. The van der Waals surface area contributed by atoms with Crippen molar-refractivity contribution in [1.29, 1.82) is 0 Å². The van der Waals surface area contributed by atoms with Crippen LogP contribution in [0.1, 0.15) is 317 Å². The van der Waals surface area contributed by atoms with E-state index in [1.165, 1.54) is 205 Å². The molecule has 0 amide bonds. The van der Waals surface area contributed by atoms with Gasteiger partial charge >= 0.3 is 17.9 Å². The van der Waals surface area contributed by atoms with Crippen molar-refractivity contribution < 1.29 is 28.6 Å². The summed E-state index contributed by atoms with van der Waals surface area (Å²) in [6, 6.07) is 0. The first-order chi connectivity index (χ1) is 30.7. The third-order valence-electron chi connectivity index (χ3n) is 13.0. The van der Waals surface area contributed by atoms with Gasteiger partial charge in [0.15, 0.2) is 6.10 Å². The van der Waals surface area contributed by atoms with Gasteiger partial charge in [-0.15, -0.1) is 0 Å². The summed E-state index contributed by atoms with van der Waals surface area (Å²) in [6.07, 6.45) is 52.6. The predicted octanol–water partition coefficient (Wildman–Crippen LogP) is 18.5. The largest absolute Gasteiger partial charge is 0.462 e. The summed E-state index contributed by atoms with van der Waals surface area (Å²) in [6.45, 7) is 11.3. The van der Waals surface area contributed by atoms with Gasteiger partial charge in [0.25, 0.3) is 0 Å². The van der Waals surface area contributed by atoms with E-state index in [2.05, 4.69) is 34.6 Å². The maximum Gasteiger partial charge on any atom is 0.306 e. The van der Waals surface area contributed by atoms with Crippen LogP contribution in [0.25, 0.3) is 0 Å².